The SMILES string of the molecule is CCOC1CCCN(C(=O)c2nn(-c3ccc(F)cc3)c3c2CCC3)C1. The van der Waals surface area contributed by atoms with Gasteiger partial charge in [0.15, 0.2) is 5.69 Å². The van der Waals surface area contributed by atoms with Crippen LogP contribution in [0, 0.1) is 5.82 Å². The van der Waals surface area contributed by atoms with Crippen LogP contribution in [0.3, 0.4) is 0 Å². The molecule has 26 heavy (non-hydrogen) atoms. The molecule has 1 unspecified atom stereocenters. The van der Waals surface area contributed by atoms with Crippen molar-refractivity contribution in [3.63, 3.8) is 0 Å². The third-order valence-electron chi connectivity index (χ3n) is 5.27. The molecule has 1 aromatic carbocycles. The first kappa shape index (κ1) is 17.2. The molecule has 0 spiro atoms. The lowest BCUT2D eigenvalue weighted by Gasteiger charge is -2.32. The molecule has 1 atom stereocenters. The summed E-state index contributed by atoms with van der Waals surface area (Å²) < 4.78 is 20.8. The average Bonchev–Trinajstić information content (AvgIpc) is 3.25. The zero-order valence-corrected chi connectivity index (χ0v) is 15.1. The van der Waals surface area contributed by atoms with Gasteiger partial charge in [-0.15, -0.1) is 0 Å². The molecule has 1 aliphatic heterocycles. The van der Waals surface area contributed by atoms with Gasteiger partial charge in [0.05, 0.1) is 11.8 Å². The predicted octanol–water partition coefficient (Wildman–Crippen LogP) is 3.14. The highest BCUT2D eigenvalue weighted by Gasteiger charge is 2.32. The highest BCUT2D eigenvalue weighted by atomic mass is 19.1. The molecule has 0 N–H and O–H groups in total. The van der Waals surface area contributed by atoms with Crippen LogP contribution in [0.1, 0.15) is 47.9 Å². The van der Waals surface area contributed by atoms with Crippen molar-refractivity contribution >= 4 is 5.91 Å². The van der Waals surface area contributed by atoms with Crippen LogP contribution in [0.2, 0.25) is 0 Å². The fraction of sp³-hybridized carbons (Fsp3) is 0.500. The van der Waals surface area contributed by atoms with E-state index in [1.807, 2.05) is 16.5 Å². The number of halogens is 1. The molecule has 1 aliphatic carbocycles. The number of carbonyl (C=O) groups excluding carboxylic acids is 1. The number of nitrogens with zero attached hydrogens (tertiary/aromatic N) is 3. The summed E-state index contributed by atoms with van der Waals surface area (Å²) in [5.41, 5.74) is 3.49. The number of likely N-dealkylation sites (tertiary alicyclic amines) is 1. The molecular weight excluding hydrogens is 333 g/mol. The number of rotatable bonds is 4. The topological polar surface area (TPSA) is 47.4 Å². The minimum Gasteiger partial charge on any atom is -0.377 e. The summed E-state index contributed by atoms with van der Waals surface area (Å²) in [5, 5.41) is 4.64. The number of hydrogen-bond donors (Lipinski definition) is 0. The van der Waals surface area contributed by atoms with Crippen LogP contribution in [0.15, 0.2) is 24.3 Å². The van der Waals surface area contributed by atoms with Gasteiger partial charge in [0, 0.05) is 31.0 Å². The minimum atomic E-state index is -0.274. The summed E-state index contributed by atoms with van der Waals surface area (Å²) in [5.74, 6) is -0.280. The van der Waals surface area contributed by atoms with Crippen LogP contribution in [-0.2, 0) is 17.6 Å². The van der Waals surface area contributed by atoms with E-state index in [2.05, 4.69) is 5.10 Å². The Balaban J connectivity index is 1.63. The lowest BCUT2D eigenvalue weighted by atomic mass is 10.1. The predicted molar refractivity (Wildman–Crippen MR) is 96.1 cm³/mol. The summed E-state index contributed by atoms with van der Waals surface area (Å²) in [6, 6.07) is 6.27. The monoisotopic (exact) mass is 357 g/mol. The standard InChI is InChI=1S/C20H24FN3O2/c1-2-26-16-5-4-12-23(13-16)20(25)19-17-6-3-7-18(17)24(22-19)15-10-8-14(21)9-11-15/h8-11,16H,2-7,12-13H2,1H3. The van der Waals surface area contributed by atoms with Gasteiger partial charge in [0.1, 0.15) is 5.82 Å². The van der Waals surface area contributed by atoms with Gasteiger partial charge < -0.3 is 9.64 Å². The number of carbonyl (C=O) groups is 1. The van der Waals surface area contributed by atoms with Crippen LogP contribution in [0.25, 0.3) is 5.69 Å². The minimum absolute atomic E-state index is 0.00610. The first-order valence-electron chi connectivity index (χ1n) is 9.45. The zero-order chi connectivity index (χ0) is 18.1. The molecule has 4 rings (SSSR count). The second-order valence-corrected chi connectivity index (χ2v) is 6.99. The van der Waals surface area contributed by atoms with E-state index < -0.39 is 0 Å². The third kappa shape index (κ3) is 3.14. The van der Waals surface area contributed by atoms with Gasteiger partial charge in [-0.25, -0.2) is 9.07 Å². The van der Waals surface area contributed by atoms with E-state index in [1.165, 1.54) is 12.1 Å². The number of fused-ring (bicyclic) bond motifs is 1. The highest BCUT2D eigenvalue weighted by Crippen LogP contribution is 2.29. The summed E-state index contributed by atoms with van der Waals surface area (Å²) in [6.45, 7) is 4.03. The van der Waals surface area contributed by atoms with Crippen molar-refractivity contribution in [2.24, 2.45) is 0 Å². The van der Waals surface area contributed by atoms with Crippen molar-refractivity contribution in [2.75, 3.05) is 19.7 Å². The van der Waals surface area contributed by atoms with Gasteiger partial charge in [0.25, 0.3) is 5.91 Å². The smallest absolute Gasteiger partial charge is 0.274 e. The lowest BCUT2D eigenvalue weighted by molar-refractivity contribution is 0.00698. The fourth-order valence-electron chi connectivity index (χ4n) is 4.05. The molecule has 6 heteroatoms. The maximum Gasteiger partial charge on any atom is 0.274 e. The van der Waals surface area contributed by atoms with Gasteiger partial charge in [-0.3, -0.25) is 4.79 Å². The fourth-order valence-corrected chi connectivity index (χ4v) is 4.05. The average molecular weight is 357 g/mol. The molecule has 2 aromatic rings. The van der Waals surface area contributed by atoms with Gasteiger partial charge in [-0.2, -0.15) is 5.10 Å². The number of aromatic nitrogens is 2. The van der Waals surface area contributed by atoms with Crippen molar-refractivity contribution in [3.05, 3.63) is 47.0 Å². The molecule has 2 aliphatic rings. The van der Waals surface area contributed by atoms with Crippen molar-refractivity contribution in [1.82, 2.24) is 14.7 Å². The number of ether oxygens (including phenoxy) is 1. The second kappa shape index (κ2) is 7.19. The molecule has 1 saturated heterocycles. The normalized spacial score (nSPS) is 19.6. The van der Waals surface area contributed by atoms with E-state index >= 15 is 0 Å². The largest absolute Gasteiger partial charge is 0.377 e. The van der Waals surface area contributed by atoms with E-state index in [-0.39, 0.29) is 17.8 Å². The molecule has 1 amide bonds. The Labute approximate surface area is 152 Å². The Morgan fingerprint density at radius 2 is 2.08 bits per heavy atom. The maximum absolute atomic E-state index is 13.2. The van der Waals surface area contributed by atoms with Crippen molar-refractivity contribution < 1.29 is 13.9 Å². The van der Waals surface area contributed by atoms with Crippen LogP contribution in [0.4, 0.5) is 4.39 Å². The van der Waals surface area contributed by atoms with Gasteiger partial charge in [-0.05, 0) is 63.3 Å². The molecule has 1 aromatic heterocycles. The Hall–Kier alpha value is -2.21. The summed E-state index contributed by atoms with van der Waals surface area (Å²) in [4.78, 5) is 15.0. The Morgan fingerprint density at radius 3 is 2.85 bits per heavy atom. The van der Waals surface area contributed by atoms with Crippen LogP contribution in [0.5, 0.6) is 0 Å². The molecule has 5 nitrogen and oxygen atoms in total. The number of benzene rings is 1. The van der Waals surface area contributed by atoms with E-state index in [1.54, 1.807) is 12.1 Å². The Bertz CT molecular complexity index is 798. The van der Waals surface area contributed by atoms with Crippen LogP contribution < -0.4 is 0 Å². The van der Waals surface area contributed by atoms with Gasteiger partial charge in [-0.1, -0.05) is 0 Å². The third-order valence-corrected chi connectivity index (χ3v) is 5.27. The molecule has 0 saturated carbocycles. The first-order chi connectivity index (χ1) is 12.7. The quantitative estimate of drug-likeness (QED) is 0.845. The summed E-state index contributed by atoms with van der Waals surface area (Å²) >= 11 is 0. The van der Waals surface area contributed by atoms with Gasteiger partial charge in [0.2, 0.25) is 0 Å². The number of amides is 1. The highest BCUT2D eigenvalue weighted by molar-refractivity contribution is 5.94. The Morgan fingerprint density at radius 1 is 1.27 bits per heavy atom. The molecular formula is C20H24FN3O2. The molecule has 2 heterocycles. The second-order valence-electron chi connectivity index (χ2n) is 6.99. The van der Waals surface area contributed by atoms with Crippen molar-refractivity contribution in [3.8, 4) is 5.69 Å². The molecule has 0 radical (unpaired) electrons. The molecule has 1 fully saturated rings. The van der Waals surface area contributed by atoms with Crippen molar-refractivity contribution in [1.29, 1.82) is 0 Å². The van der Waals surface area contributed by atoms with Crippen LogP contribution in [-0.4, -0.2) is 46.4 Å². The zero-order valence-electron chi connectivity index (χ0n) is 15.1. The van der Waals surface area contributed by atoms with Gasteiger partial charge >= 0.3 is 0 Å². The lowest BCUT2D eigenvalue weighted by Crippen LogP contribution is -2.43. The Kier molecular flexibility index (Phi) is 4.76. The first-order valence-corrected chi connectivity index (χ1v) is 9.45. The van der Waals surface area contributed by atoms with Crippen molar-refractivity contribution in [2.45, 2.75) is 45.1 Å². The van der Waals surface area contributed by atoms with E-state index in [0.29, 0.717) is 18.8 Å². The summed E-state index contributed by atoms with van der Waals surface area (Å²) in [6.07, 6.45) is 4.87. The van der Waals surface area contributed by atoms with E-state index in [0.717, 1.165) is 55.6 Å². The van der Waals surface area contributed by atoms with E-state index in [4.69, 9.17) is 4.74 Å². The molecule has 0 bridgehead atoms. The summed E-state index contributed by atoms with van der Waals surface area (Å²) in [7, 11) is 0. The van der Waals surface area contributed by atoms with E-state index in [9.17, 15) is 9.18 Å². The van der Waals surface area contributed by atoms with Crippen LogP contribution >= 0.6 is 0 Å². The maximum atomic E-state index is 13.2. The number of piperidine rings is 1. The molecule has 138 valence electrons. The number of hydrogen-bond acceptors (Lipinski definition) is 3.